The van der Waals surface area contributed by atoms with Gasteiger partial charge in [-0.3, -0.25) is 4.79 Å². The van der Waals surface area contributed by atoms with Crippen LogP contribution in [0.2, 0.25) is 0 Å². The van der Waals surface area contributed by atoms with E-state index in [-0.39, 0.29) is 0 Å². The molecule has 0 fully saturated rings. The zero-order valence-electron chi connectivity index (χ0n) is 6.64. The maximum atomic E-state index is 10.7. The smallest absolute Gasteiger partial charge is 0.247 e. The first kappa shape index (κ1) is 7.66. The summed E-state index contributed by atoms with van der Waals surface area (Å²) in [4.78, 5) is 25.3. The van der Waals surface area contributed by atoms with Gasteiger partial charge in [0.1, 0.15) is 5.69 Å². The van der Waals surface area contributed by atoms with E-state index in [4.69, 9.17) is 5.73 Å². The maximum Gasteiger partial charge on any atom is 0.247 e. The Balaban J connectivity index is 2.26. The lowest BCUT2D eigenvalue weighted by Gasteiger charge is -1.93. The van der Waals surface area contributed by atoms with Crippen LogP contribution in [-0.4, -0.2) is 34.0 Å². The summed E-state index contributed by atoms with van der Waals surface area (Å²) in [5.74, 6) is -0.0421. The van der Waals surface area contributed by atoms with Gasteiger partial charge in [0.2, 0.25) is 5.91 Å². The molecule has 2 rings (SSSR count). The highest BCUT2D eigenvalue weighted by molar-refractivity contribution is 6.12. The average Bonchev–Trinajstić information content (AvgIpc) is 2.75. The summed E-state index contributed by atoms with van der Waals surface area (Å²) in [7, 11) is 0. The van der Waals surface area contributed by atoms with Crippen LogP contribution in [-0.2, 0) is 4.79 Å². The minimum absolute atomic E-state index is 0.460. The number of nitrogens with zero attached hydrogens (tertiary/aromatic N) is 3. The van der Waals surface area contributed by atoms with Gasteiger partial charge in [-0.15, -0.1) is 0 Å². The van der Waals surface area contributed by atoms with E-state index in [1.165, 1.54) is 12.5 Å². The van der Waals surface area contributed by atoms with Crippen molar-refractivity contribution in [2.24, 2.45) is 15.7 Å². The minimum Gasteiger partial charge on any atom is -0.367 e. The molecule has 0 saturated heterocycles. The predicted molar refractivity (Wildman–Crippen MR) is 46.6 cm³/mol. The fourth-order valence-corrected chi connectivity index (χ4v) is 0.994. The van der Waals surface area contributed by atoms with E-state index in [1.54, 1.807) is 6.20 Å². The standard InChI is InChI=1S/C7H7N5O/c8-6(13)4-2-10-7(12-4)5-1-9-3-11-5/h1-4H,(H2,8,13)(H,9,11). The molecule has 3 N–H and O–H groups in total. The number of imidazole rings is 1. The Morgan fingerprint density at radius 2 is 2.46 bits per heavy atom. The van der Waals surface area contributed by atoms with Gasteiger partial charge in [-0.2, -0.15) is 0 Å². The number of aliphatic imine (C=N–C) groups is 2. The molecule has 2 heterocycles. The molecule has 1 aromatic rings. The number of aromatic nitrogens is 2. The summed E-state index contributed by atoms with van der Waals surface area (Å²) in [6.45, 7) is 0. The summed E-state index contributed by atoms with van der Waals surface area (Å²) in [6.07, 6.45) is 4.52. The van der Waals surface area contributed by atoms with Gasteiger partial charge in [-0.1, -0.05) is 0 Å². The highest BCUT2D eigenvalue weighted by Crippen LogP contribution is 2.05. The van der Waals surface area contributed by atoms with Gasteiger partial charge < -0.3 is 10.7 Å². The topological polar surface area (TPSA) is 96.5 Å². The second-order valence-electron chi connectivity index (χ2n) is 2.54. The fourth-order valence-electron chi connectivity index (χ4n) is 0.994. The quantitative estimate of drug-likeness (QED) is 0.611. The molecule has 6 heteroatoms. The SMILES string of the molecule is NC(=O)C1C=NC(c2cnc[nH]2)=N1. The number of primary amides is 1. The largest absolute Gasteiger partial charge is 0.367 e. The Labute approximate surface area is 73.6 Å². The predicted octanol–water partition coefficient (Wildman–Crippen LogP) is -0.905. The third-order valence-corrected chi connectivity index (χ3v) is 1.63. The number of nitrogens with two attached hydrogens (primary N) is 1. The molecular weight excluding hydrogens is 170 g/mol. The van der Waals surface area contributed by atoms with E-state index in [2.05, 4.69) is 20.0 Å². The van der Waals surface area contributed by atoms with E-state index in [0.29, 0.717) is 11.5 Å². The van der Waals surface area contributed by atoms with E-state index in [9.17, 15) is 4.79 Å². The Morgan fingerprint density at radius 1 is 1.62 bits per heavy atom. The third-order valence-electron chi connectivity index (χ3n) is 1.63. The van der Waals surface area contributed by atoms with Gasteiger partial charge in [-0.25, -0.2) is 15.0 Å². The number of carbonyl (C=O) groups is 1. The number of nitrogens with one attached hydrogen (secondary N) is 1. The number of aromatic amines is 1. The van der Waals surface area contributed by atoms with E-state index >= 15 is 0 Å². The van der Waals surface area contributed by atoms with Crippen LogP contribution < -0.4 is 5.73 Å². The molecule has 13 heavy (non-hydrogen) atoms. The third kappa shape index (κ3) is 1.33. The summed E-state index contributed by atoms with van der Waals surface area (Å²) in [5, 5.41) is 0. The maximum absolute atomic E-state index is 10.7. The van der Waals surface area contributed by atoms with Crippen molar-refractivity contribution in [2.75, 3.05) is 0 Å². The van der Waals surface area contributed by atoms with Crippen molar-refractivity contribution in [2.45, 2.75) is 6.04 Å². The van der Waals surface area contributed by atoms with Crippen LogP contribution in [0.15, 0.2) is 22.5 Å². The molecule has 1 unspecified atom stereocenters. The lowest BCUT2D eigenvalue weighted by Crippen LogP contribution is -2.26. The number of amidine groups is 1. The normalized spacial score (nSPS) is 20.3. The zero-order valence-corrected chi connectivity index (χ0v) is 6.64. The molecule has 0 aliphatic carbocycles. The molecule has 1 atom stereocenters. The van der Waals surface area contributed by atoms with Crippen LogP contribution in [0.3, 0.4) is 0 Å². The van der Waals surface area contributed by atoms with Crippen LogP contribution >= 0.6 is 0 Å². The first-order valence-corrected chi connectivity index (χ1v) is 3.67. The lowest BCUT2D eigenvalue weighted by molar-refractivity contribution is -0.117. The van der Waals surface area contributed by atoms with Gasteiger partial charge in [-0.05, 0) is 0 Å². The molecule has 1 aliphatic heterocycles. The number of hydrogen-bond acceptors (Lipinski definition) is 4. The fraction of sp³-hybridized carbons (Fsp3) is 0.143. The Morgan fingerprint density at radius 3 is 3.00 bits per heavy atom. The Kier molecular flexibility index (Phi) is 1.66. The van der Waals surface area contributed by atoms with Crippen molar-refractivity contribution in [1.29, 1.82) is 0 Å². The molecule has 0 saturated carbocycles. The number of rotatable bonds is 2. The molecule has 1 aromatic heterocycles. The summed E-state index contributed by atoms with van der Waals surface area (Å²) in [6, 6.07) is -0.640. The second-order valence-corrected chi connectivity index (χ2v) is 2.54. The van der Waals surface area contributed by atoms with Crippen LogP contribution in [0.4, 0.5) is 0 Å². The van der Waals surface area contributed by atoms with Crippen molar-refractivity contribution in [3.63, 3.8) is 0 Å². The number of hydrogen-bond donors (Lipinski definition) is 2. The van der Waals surface area contributed by atoms with E-state index in [0.717, 1.165) is 0 Å². The van der Waals surface area contributed by atoms with Crippen LogP contribution in [0.25, 0.3) is 0 Å². The molecule has 0 radical (unpaired) electrons. The molecule has 0 bridgehead atoms. The van der Waals surface area contributed by atoms with Gasteiger partial charge in [0, 0.05) is 6.21 Å². The van der Waals surface area contributed by atoms with Crippen molar-refractivity contribution >= 4 is 18.0 Å². The molecule has 6 nitrogen and oxygen atoms in total. The van der Waals surface area contributed by atoms with Crippen molar-refractivity contribution < 1.29 is 4.79 Å². The van der Waals surface area contributed by atoms with Gasteiger partial charge in [0.05, 0.1) is 12.5 Å². The molecular formula is C7H7N5O. The number of H-pyrrole nitrogens is 1. The van der Waals surface area contributed by atoms with Gasteiger partial charge in [0.25, 0.3) is 0 Å². The summed E-state index contributed by atoms with van der Waals surface area (Å²) >= 11 is 0. The minimum atomic E-state index is -0.640. The van der Waals surface area contributed by atoms with Crippen LogP contribution in [0, 0.1) is 0 Å². The highest BCUT2D eigenvalue weighted by Gasteiger charge is 2.18. The molecule has 1 amide bonds. The number of carbonyl (C=O) groups excluding carboxylic acids is 1. The first-order chi connectivity index (χ1) is 6.27. The van der Waals surface area contributed by atoms with Crippen molar-refractivity contribution in [3.05, 3.63) is 18.2 Å². The van der Waals surface area contributed by atoms with Gasteiger partial charge >= 0.3 is 0 Å². The Bertz CT molecular complexity index is 378. The van der Waals surface area contributed by atoms with Crippen molar-refractivity contribution in [1.82, 2.24) is 9.97 Å². The molecule has 66 valence electrons. The number of amides is 1. The molecule has 1 aliphatic rings. The van der Waals surface area contributed by atoms with Crippen LogP contribution in [0.5, 0.6) is 0 Å². The van der Waals surface area contributed by atoms with E-state index < -0.39 is 11.9 Å². The monoisotopic (exact) mass is 177 g/mol. The highest BCUT2D eigenvalue weighted by atomic mass is 16.1. The summed E-state index contributed by atoms with van der Waals surface area (Å²) < 4.78 is 0. The second kappa shape index (κ2) is 2.81. The van der Waals surface area contributed by atoms with Crippen LogP contribution in [0.1, 0.15) is 5.69 Å². The molecule has 0 aromatic carbocycles. The van der Waals surface area contributed by atoms with Crippen molar-refractivity contribution in [3.8, 4) is 0 Å². The Hall–Kier alpha value is -1.98. The average molecular weight is 177 g/mol. The summed E-state index contributed by atoms with van der Waals surface area (Å²) in [5.41, 5.74) is 5.73. The lowest BCUT2D eigenvalue weighted by atomic mass is 10.3. The molecule has 0 spiro atoms. The first-order valence-electron chi connectivity index (χ1n) is 3.67. The zero-order chi connectivity index (χ0) is 9.26. The van der Waals surface area contributed by atoms with E-state index in [1.807, 2.05) is 0 Å². The van der Waals surface area contributed by atoms with Gasteiger partial charge in [0.15, 0.2) is 11.9 Å².